The van der Waals surface area contributed by atoms with E-state index < -0.39 is 51.9 Å². The zero-order chi connectivity index (χ0) is 18.5. The van der Waals surface area contributed by atoms with Crippen molar-refractivity contribution in [3.63, 3.8) is 0 Å². The van der Waals surface area contributed by atoms with Crippen molar-refractivity contribution in [3.8, 4) is 0 Å². The van der Waals surface area contributed by atoms with Crippen LogP contribution in [0, 0.1) is 0 Å². The van der Waals surface area contributed by atoms with Gasteiger partial charge in [0.25, 0.3) is 0 Å². The molecule has 0 radical (unpaired) electrons. The Morgan fingerprint density at radius 3 is 2.86 bits per heavy atom. The Labute approximate surface area is 107 Å². The fraction of sp³-hybridized carbons (Fsp3) is 1.00. The molecule has 1 unspecified atom stereocenters. The number of hydrogen-bond donors (Lipinski definition) is 1. The molecule has 1 fully saturated rings. The van der Waals surface area contributed by atoms with Gasteiger partial charge in [-0.05, 0) is 6.37 Å². The van der Waals surface area contributed by atoms with Gasteiger partial charge in [0.15, 0.2) is 0 Å². The molecule has 1 aliphatic heterocycles. The van der Waals surface area contributed by atoms with Crippen LogP contribution in [0.4, 0.5) is 0 Å². The molecule has 1 aliphatic rings. The zero-order valence-electron chi connectivity index (χ0n) is 16.0. The average Bonchev–Trinajstić information content (AvgIpc) is 2.29. The molecular weight excluding hydrogens is 246 g/mol. The molecular formula is C7H15Cl2N2O2P. The van der Waals surface area contributed by atoms with Gasteiger partial charge in [-0.15, -0.1) is 23.2 Å². The van der Waals surface area contributed by atoms with Crippen molar-refractivity contribution in [1.82, 2.24) is 9.75 Å². The molecule has 0 aromatic carbocycles. The second-order valence-corrected chi connectivity index (χ2v) is 4.78. The summed E-state index contributed by atoms with van der Waals surface area (Å²) in [7, 11) is -4.64. The van der Waals surface area contributed by atoms with E-state index in [2.05, 4.69) is 0 Å². The molecule has 84 valence electrons. The van der Waals surface area contributed by atoms with E-state index in [1.165, 1.54) is 0 Å². The van der Waals surface area contributed by atoms with Gasteiger partial charge in [0.2, 0.25) is 0 Å². The summed E-state index contributed by atoms with van der Waals surface area (Å²) in [6.45, 7) is -5.77. The van der Waals surface area contributed by atoms with E-state index >= 15 is 0 Å². The summed E-state index contributed by atoms with van der Waals surface area (Å²) in [6.07, 6.45) is -2.66. The molecule has 0 aromatic rings. The number of rotatable bonds is 5. The van der Waals surface area contributed by atoms with E-state index in [0.717, 1.165) is 0 Å². The van der Waals surface area contributed by atoms with Gasteiger partial charge in [0.1, 0.15) is 1.41 Å². The van der Waals surface area contributed by atoms with E-state index in [9.17, 15) is 4.57 Å². The maximum absolute atomic E-state index is 12.9. The first kappa shape index (κ1) is 4.91. The standard InChI is InChI=1S/C7H15Cl2N2O2P/c8-2-5-11(6-3-9)14(12)10-4-1-7-13-14/h1-7H2,(H,10,12)/i1D2,2D2,3D2,4D2/hD. The largest absolute Gasteiger partial charge is 0.343 e. The predicted molar refractivity (Wildman–Crippen MR) is 59.2 cm³/mol. The number of nitrogens with one attached hydrogen (secondary N) is 1. The molecule has 0 spiro atoms. The van der Waals surface area contributed by atoms with Crippen LogP contribution >= 0.6 is 30.9 Å². The number of nitrogens with zero attached hydrogens (tertiary/aromatic N) is 1. The third-order valence-electron chi connectivity index (χ3n) is 1.40. The second kappa shape index (κ2) is 6.31. The van der Waals surface area contributed by atoms with E-state index in [-0.39, 0.29) is 5.08 Å². The molecule has 4 nitrogen and oxygen atoms in total. The molecule has 14 heavy (non-hydrogen) atoms. The molecule has 7 heteroatoms. The van der Waals surface area contributed by atoms with Crippen LogP contribution in [-0.4, -0.2) is 42.5 Å². The molecule has 0 aromatic heterocycles. The van der Waals surface area contributed by atoms with Crippen LogP contribution in [0.1, 0.15) is 17.3 Å². The van der Waals surface area contributed by atoms with Crippen molar-refractivity contribution in [2.24, 2.45) is 0 Å². The average molecular weight is 270 g/mol. The van der Waals surface area contributed by atoms with Crippen LogP contribution in [0.2, 0.25) is 1.41 Å². The quantitative estimate of drug-likeness (QED) is 0.612. The normalized spacial score (nSPS) is 48.4. The highest BCUT2D eigenvalue weighted by Crippen LogP contribution is 2.47. The van der Waals surface area contributed by atoms with E-state index in [1.54, 1.807) is 0 Å². The van der Waals surface area contributed by atoms with Gasteiger partial charge >= 0.3 is 7.67 Å². The van der Waals surface area contributed by atoms with E-state index in [4.69, 9.17) is 40.1 Å². The van der Waals surface area contributed by atoms with Gasteiger partial charge < -0.3 is 4.52 Å². The number of alkyl halides is 2. The van der Waals surface area contributed by atoms with Gasteiger partial charge in [0, 0.05) is 42.2 Å². The van der Waals surface area contributed by atoms with Crippen molar-refractivity contribution in [1.29, 1.82) is 0 Å². The Balaban J connectivity index is 3.26. The van der Waals surface area contributed by atoms with E-state index in [0.29, 0.717) is 4.67 Å². The van der Waals surface area contributed by atoms with Gasteiger partial charge in [0.05, 0.1) is 6.61 Å². The van der Waals surface area contributed by atoms with Crippen molar-refractivity contribution < 1.29 is 21.5 Å². The summed E-state index contributed by atoms with van der Waals surface area (Å²) < 4.78 is 85.5. The first-order valence-electron chi connectivity index (χ1n) is 8.05. The lowest BCUT2D eigenvalue weighted by atomic mass is 10.5. The van der Waals surface area contributed by atoms with E-state index in [1.807, 2.05) is 0 Å². The monoisotopic (exact) mass is 269 g/mol. The molecule has 1 rings (SSSR count). The minimum atomic E-state index is -4.64. The lowest BCUT2D eigenvalue weighted by Crippen LogP contribution is -2.35. The van der Waals surface area contributed by atoms with Crippen molar-refractivity contribution in [3.05, 3.63) is 0 Å². The summed E-state index contributed by atoms with van der Waals surface area (Å²) in [5, 5.41) is -0.241. The third-order valence-corrected chi connectivity index (χ3v) is 3.46. The lowest BCUT2D eigenvalue weighted by molar-refractivity contribution is 0.233. The summed E-state index contributed by atoms with van der Waals surface area (Å²) in [5.74, 6) is -4.99. The molecule has 1 heterocycles. The van der Waals surface area contributed by atoms with Gasteiger partial charge in [-0.1, -0.05) is 0 Å². The van der Waals surface area contributed by atoms with Crippen LogP contribution in [0.25, 0.3) is 0 Å². The Bertz CT molecular complexity index is 481. The maximum Gasteiger partial charge on any atom is 0.343 e. The highest BCUT2D eigenvalue weighted by atomic mass is 35.5. The van der Waals surface area contributed by atoms with Crippen LogP contribution in [0.15, 0.2) is 0 Å². The van der Waals surface area contributed by atoms with Crippen molar-refractivity contribution in [2.45, 2.75) is 6.37 Å². The Morgan fingerprint density at radius 1 is 1.64 bits per heavy atom. The Hall–Kier alpha value is 0.690. The van der Waals surface area contributed by atoms with Gasteiger partial charge in [-0.2, -0.15) is 0 Å². The number of hydrogen-bond acceptors (Lipinski definition) is 2. The van der Waals surface area contributed by atoms with Crippen molar-refractivity contribution >= 4 is 30.9 Å². The minimum Gasteiger partial charge on any atom is -0.306 e. The van der Waals surface area contributed by atoms with Crippen LogP contribution in [-0.2, 0) is 9.09 Å². The summed E-state index contributed by atoms with van der Waals surface area (Å²) in [4.78, 5) is 0. The second-order valence-electron chi connectivity index (χ2n) is 2.24. The molecule has 1 N–H and O–H groups in total. The Morgan fingerprint density at radius 2 is 2.29 bits per heavy atom. The highest BCUT2D eigenvalue weighted by Gasteiger charge is 2.32. The molecule has 0 bridgehead atoms. The summed E-state index contributed by atoms with van der Waals surface area (Å²) >= 11 is 10.8. The first-order chi connectivity index (χ1) is 9.92. The highest BCUT2D eigenvalue weighted by molar-refractivity contribution is 7.54. The maximum atomic E-state index is 12.9. The van der Waals surface area contributed by atoms with Crippen LogP contribution in [0.5, 0.6) is 0 Å². The number of halogens is 2. The molecule has 0 amide bonds. The zero-order valence-corrected chi connectivity index (χ0v) is 9.44. The predicted octanol–water partition coefficient (Wildman–Crippen LogP) is 1.88. The minimum absolute atomic E-state index is 0.241. The van der Waals surface area contributed by atoms with Crippen LogP contribution < -0.4 is 5.08 Å². The van der Waals surface area contributed by atoms with Crippen molar-refractivity contribution in [2.75, 3.05) is 37.9 Å². The SMILES string of the molecule is [2H]N1C([2H])([2H])C([2H])([2H])COP1(=O)N(CC([2H])([2H])Cl)CC([2H])([2H])Cl. The lowest BCUT2D eigenvalue weighted by Gasteiger charge is -2.33. The molecule has 1 atom stereocenters. The fourth-order valence-corrected chi connectivity index (χ4v) is 2.52. The third kappa shape index (κ3) is 3.37. The Kier molecular flexibility index (Phi) is 2.21. The van der Waals surface area contributed by atoms with Crippen LogP contribution in [0.3, 0.4) is 0 Å². The van der Waals surface area contributed by atoms with Gasteiger partial charge in [-0.3, -0.25) is 4.57 Å². The van der Waals surface area contributed by atoms with Gasteiger partial charge in [-0.25, -0.2) is 9.75 Å². The summed E-state index contributed by atoms with van der Waals surface area (Å²) in [6, 6.07) is 0. The first-order valence-corrected chi connectivity index (χ1v) is 5.88. The molecule has 1 saturated heterocycles. The smallest absolute Gasteiger partial charge is 0.306 e. The fourth-order valence-electron chi connectivity index (χ4n) is 0.794. The molecule has 0 aliphatic carbocycles. The molecule has 0 saturated carbocycles. The summed E-state index contributed by atoms with van der Waals surface area (Å²) in [5.41, 5.74) is 0. The topological polar surface area (TPSA) is 41.6 Å².